The van der Waals surface area contributed by atoms with Gasteiger partial charge in [0, 0.05) is 0 Å². The van der Waals surface area contributed by atoms with Crippen LogP contribution in [0, 0.1) is 17.8 Å². The first kappa shape index (κ1) is 18.1. The first-order chi connectivity index (χ1) is 6.95. The number of hydrogen-bond acceptors (Lipinski definition) is 2. The fourth-order valence-corrected chi connectivity index (χ4v) is 2.04. The molecule has 0 heterocycles. The van der Waals surface area contributed by atoms with Crippen LogP contribution in [-0.4, -0.2) is 45.2 Å². The first-order valence-corrected chi connectivity index (χ1v) is 5.41. The molecule has 0 saturated carbocycles. The van der Waals surface area contributed by atoms with Gasteiger partial charge in [-0.2, -0.15) is 0 Å². The molecule has 2 atom stereocenters. The van der Waals surface area contributed by atoms with Gasteiger partial charge in [0.1, 0.15) is 0 Å². The summed E-state index contributed by atoms with van der Waals surface area (Å²) in [6.07, 6.45) is 2.66. The van der Waals surface area contributed by atoms with Gasteiger partial charge in [-0.15, -0.1) is 0 Å². The third-order valence-electron chi connectivity index (χ3n) is 2.99. The van der Waals surface area contributed by atoms with Crippen molar-refractivity contribution in [1.29, 1.82) is 0 Å². The Bertz CT molecular complexity index is 225. The molecule has 0 radical (unpaired) electrons. The zero-order chi connectivity index (χ0) is 12.0. The zero-order valence-electron chi connectivity index (χ0n) is 12.3. The maximum Gasteiger partial charge on any atom is 2.00 e. The van der Waals surface area contributed by atoms with Gasteiger partial charge in [-0.3, -0.25) is 9.59 Å². The topological polar surface area (TPSA) is 74.6 Å². The molecule has 0 amide bonds. The molecule has 0 aliphatic rings. The molecule has 0 aromatic rings. The maximum absolute atomic E-state index is 10.8. The van der Waals surface area contributed by atoms with Crippen molar-refractivity contribution in [3.05, 3.63) is 0 Å². The molecule has 0 saturated heterocycles. The summed E-state index contributed by atoms with van der Waals surface area (Å²) < 4.78 is 0. The van der Waals surface area contributed by atoms with E-state index in [-0.39, 0.29) is 37.7 Å². The average Bonchev–Trinajstić information content (AvgIpc) is 2.12. The predicted molar refractivity (Wildman–Crippen MR) is 64.6 cm³/mol. The molecule has 2 N–H and O–H groups in total. The van der Waals surface area contributed by atoms with Crippen LogP contribution in [-0.2, 0) is 9.59 Å². The van der Waals surface area contributed by atoms with Gasteiger partial charge in [0.15, 0.2) is 5.92 Å². The van der Waals surface area contributed by atoms with Crippen LogP contribution in [0.2, 0.25) is 0 Å². The van der Waals surface area contributed by atoms with E-state index in [0.717, 1.165) is 19.3 Å². The molecular formula is C11H22MgO4. The van der Waals surface area contributed by atoms with Crippen LogP contribution >= 0.6 is 0 Å². The van der Waals surface area contributed by atoms with E-state index in [0.29, 0.717) is 0 Å². The van der Waals surface area contributed by atoms with Crippen molar-refractivity contribution in [1.82, 2.24) is 0 Å². The number of aliphatic carboxylic acids is 2. The van der Waals surface area contributed by atoms with E-state index in [2.05, 4.69) is 0 Å². The van der Waals surface area contributed by atoms with Crippen LogP contribution in [0.1, 0.15) is 42.9 Å². The van der Waals surface area contributed by atoms with Gasteiger partial charge in [-0.1, -0.05) is 40.0 Å². The Morgan fingerprint density at radius 3 is 1.88 bits per heavy atom. The van der Waals surface area contributed by atoms with E-state index < -0.39 is 17.9 Å². The van der Waals surface area contributed by atoms with Crippen molar-refractivity contribution in [3.8, 4) is 0 Å². The van der Waals surface area contributed by atoms with Crippen molar-refractivity contribution in [2.75, 3.05) is 0 Å². The Hall–Kier alpha value is -0.294. The molecule has 0 fully saturated rings. The van der Waals surface area contributed by atoms with Gasteiger partial charge in [0.05, 0.1) is 0 Å². The second-order valence-corrected chi connectivity index (χ2v) is 3.97. The molecular weight excluding hydrogens is 220 g/mol. The van der Waals surface area contributed by atoms with E-state index in [1.165, 1.54) is 0 Å². The summed E-state index contributed by atoms with van der Waals surface area (Å²) >= 11 is 0. The number of hydrogen-bond donors (Lipinski definition) is 2. The largest absolute Gasteiger partial charge is 2.00 e. The summed E-state index contributed by atoms with van der Waals surface area (Å²) in [7, 11) is 0. The summed E-state index contributed by atoms with van der Waals surface area (Å²) in [5, 5.41) is 17.7. The average molecular weight is 243 g/mol. The van der Waals surface area contributed by atoms with Gasteiger partial charge < -0.3 is 13.1 Å². The smallest absolute Gasteiger partial charge is 1.00 e. The molecule has 0 aromatic carbocycles. The van der Waals surface area contributed by atoms with Crippen LogP contribution < -0.4 is 0 Å². The summed E-state index contributed by atoms with van der Waals surface area (Å²) in [6.45, 7) is 5.71. The molecule has 0 spiro atoms. The Labute approximate surface area is 116 Å². The minimum atomic E-state index is -1.28. The van der Waals surface area contributed by atoms with Crippen LogP contribution in [0.25, 0.3) is 0 Å². The quantitative estimate of drug-likeness (QED) is 0.529. The van der Waals surface area contributed by atoms with E-state index in [1.54, 1.807) is 6.92 Å². The van der Waals surface area contributed by atoms with Gasteiger partial charge in [-0.25, -0.2) is 0 Å². The van der Waals surface area contributed by atoms with E-state index >= 15 is 0 Å². The third-order valence-corrected chi connectivity index (χ3v) is 2.99. The predicted octanol–water partition coefficient (Wildman–Crippen LogP) is 2.08. The van der Waals surface area contributed by atoms with E-state index in [1.807, 2.05) is 13.8 Å². The molecule has 16 heavy (non-hydrogen) atoms. The normalized spacial score (nSPS) is 14.0. The SMILES string of the molecule is CCCC(CC)C(C)C(C(=O)O)C(=O)O.[H-].[H-].[Mg+2]. The molecule has 0 aliphatic carbocycles. The first-order valence-electron chi connectivity index (χ1n) is 5.41. The minimum absolute atomic E-state index is 0. The molecule has 2 unspecified atom stereocenters. The van der Waals surface area contributed by atoms with Crippen LogP contribution in [0.15, 0.2) is 0 Å². The molecule has 4 nitrogen and oxygen atoms in total. The van der Waals surface area contributed by atoms with Gasteiger partial charge in [0.25, 0.3) is 0 Å². The molecule has 0 aliphatic heterocycles. The summed E-state index contributed by atoms with van der Waals surface area (Å²) in [6, 6.07) is 0. The van der Waals surface area contributed by atoms with Crippen molar-refractivity contribution in [2.45, 2.75) is 40.0 Å². The molecule has 0 aromatic heterocycles. The molecule has 5 heteroatoms. The Morgan fingerprint density at radius 2 is 1.62 bits per heavy atom. The van der Waals surface area contributed by atoms with Crippen molar-refractivity contribution < 1.29 is 22.7 Å². The van der Waals surface area contributed by atoms with Gasteiger partial charge in [-0.05, 0) is 11.8 Å². The monoisotopic (exact) mass is 242 g/mol. The standard InChI is InChI=1S/C11H20O4.Mg.2H/c1-4-6-8(5-2)7(3)9(10(12)13)11(14)15;;;/h7-9H,4-6H2,1-3H3,(H,12,13)(H,14,15);;;/q;+2;2*-1. The number of rotatable bonds is 7. The van der Waals surface area contributed by atoms with Gasteiger partial charge in [0.2, 0.25) is 0 Å². The van der Waals surface area contributed by atoms with Crippen LogP contribution in [0.3, 0.4) is 0 Å². The molecule has 92 valence electrons. The molecule has 0 bridgehead atoms. The summed E-state index contributed by atoms with van der Waals surface area (Å²) in [5.74, 6) is -3.88. The fraction of sp³-hybridized carbons (Fsp3) is 0.818. The minimum Gasteiger partial charge on any atom is -1.00 e. The Balaban J connectivity index is -0.000000327. The summed E-state index contributed by atoms with van der Waals surface area (Å²) in [4.78, 5) is 21.7. The fourth-order valence-electron chi connectivity index (χ4n) is 2.04. The second-order valence-electron chi connectivity index (χ2n) is 3.97. The second kappa shape index (κ2) is 8.81. The molecule has 0 rings (SSSR count). The van der Waals surface area contributed by atoms with Crippen molar-refractivity contribution in [2.24, 2.45) is 17.8 Å². The maximum atomic E-state index is 10.8. The van der Waals surface area contributed by atoms with Crippen molar-refractivity contribution in [3.63, 3.8) is 0 Å². The zero-order valence-corrected chi connectivity index (χ0v) is 11.7. The Morgan fingerprint density at radius 1 is 1.19 bits per heavy atom. The van der Waals surface area contributed by atoms with Crippen LogP contribution in [0.4, 0.5) is 0 Å². The van der Waals surface area contributed by atoms with Crippen LogP contribution in [0.5, 0.6) is 0 Å². The van der Waals surface area contributed by atoms with E-state index in [9.17, 15) is 9.59 Å². The summed E-state index contributed by atoms with van der Waals surface area (Å²) in [5.41, 5.74) is 0. The number of carboxylic acids is 2. The number of carboxylic acid groups (broad SMARTS) is 2. The Kier molecular flexibility index (Phi) is 9.96. The third kappa shape index (κ3) is 5.16. The van der Waals surface area contributed by atoms with Gasteiger partial charge >= 0.3 is 35.0 Å². The van der Waals surface area contributed by atoms with E-state index in [4.69, 9.17) is 10.2 Å². The number of carbonyl (C=O) groups is 2. The van der Waals surface area contributed by atoms with Crippen molar-refractivity contribution >= 4 is 35.0 Å².